The average Bonchev–Trinajstić information content (AvgIpc) is 3.86. The fourth-order valence-electron chi connectivity index (χ4n) is 20.9. The number of carbonyl (C=O) groups excluding carboxylic acids is 4. The molecule has 11 aliphatic rings. The smallest absolute Gasteiger partial charge is 0.226 e. The number of nitrogens with zero attached hydrogens (tertiary/aromatic N) is 3. The van der Waals surface area contributed by atoms with Gasteiger partial charge in [0.25, 0.3) is 0 Å². The van der Waals surface area contributed by atoms with E-state index in [2.05, 4.69) is 89.9 Å². The minimum absolute atomic E-state index is 0.00845. The molecule has 11 rings (SSSR count). The molecule has 8 nitrogen and oxygen atoms in total. The molecule has 0 unspecified atom stereocenters. The van der Waals surface area contributed by atoms with Gasteiger partial charge >= 0.3 is 0 Å². The molecule has 390 valence electrons. The molecule has 0 spiro atoms. The Morgan fingerprint density at radius 2 is 0.917 bits per heavy atom. The Hall–Kier alpha value is -3.46. The van der Waals surface area contributed by atoms with Gasteiger partial charge in [0, 0.05) is 44.6 Å². The second-order valence-electron chi connectivity index (χ2n) is 30.3. The normalized spacial score (nSPS) is 50.8. The van der Waals surface area contributed by atoms with E-state index in [1.807, 2.05) is 45.9 Å². The molecule has 7 fully saturated rings. The first-order valence-electron chi connectivity index (χ1n) is 28.6. The molecule has 0 aromatic heterocycles. The molecule has 6 saturated carbocycles. The molecule has 2 N–H and O–H groups in total. The van der Waals surface area contributed by atoms with Gasteiger partial charge < -0.3 is 15.3 Å². The van der Waals surface area contributed by atoms with Crippen LogP contribution in [0.1, 0.15) is 200 Å². The first kappa shape index (κ1) is 52.0. The van der Waals surface area contributed by atoms with Crippen molar-refractivity contribution in [3.8, 4) is 0 Å². The lowest BCUT2D eigenvalue weighted by Crippen LogP contribution is -2.65. The SMILES string of the molecule is [C-]#[N+]C1=C[C@]2(C)C3=CC(=O)[C@@H]4[C@@H]5C[C@@](C)(N)CC[C@]5(C)CC[C@@]4(C)[C@]3(C)CC[C@H]2C(C)(C)C1=O.[C-]#[N+]C1=C[C@]2(C)C3=CC(=O)[C@@H]4[C@@H]5C[C@@](C)(N6CCCC6)CC[C@]5(C)CC[C@@]4(C)[C@]3(C)CC[C@H]2C(C)(C)C1=O. The van der Waals surface area contributed by atoms with Crippen LogP contribution in [0.25, 0.3) is 9.69 Å². The zero-order valence-corrected chi connectivity index (χ0v) is 47.1. The topological polar surface area (TPSA) is 106 Å². The van der Waals surface area contributed by atoms with Crippen LogP contribution in [0.4, 0.5) is 0 Å². The molecular weight excluding hydrogens is 889 g/mol. The summed E-state index contributed by atoms with van der Waals surface area (Å²) in [6.07, 6.45) is 25.6. The third-order valence-electron chi connectivity index (χ3n) is 26.0. The first-order valence-corrected chi connectivity index (χ1v) is 28.6. The highest BCUT2D eigenvalue weighted by atomic mass is 16.1. The van der Waals surface area contributed by atoms with Crippen LogP contribution in [-0.2, 0) is 19.2 Å². The number of carbonyl (C=O) groups is 4. The van der Waals surface area contributed by atoms with Crippen molar-refractivity contribution in [3.63, 3.8) is 0 Å². The van der Waals surface area contributed by atoms with Crippen molar-refractivity contribution >= 4 is 23.1 Å². The first-order chi connectivity index (χ1) is 33.2. The Balaban J connectivity index is 0.000000167. The fraction of sp³-hybridized carbons (Fsp3) is 0.781. The maximum absolute atomic E-state index is 14.5. The minimum atomic E-state index is -0.609. The molecule has 10 aliphatic carbocycles. The highest BCUT2D eigenvalue weighted by Crippen LogP contribution is 2.76. The van der Waals surface area contributed by atoms with Gasteiger partial charge in [-0.25, -0.2) is 9.69 Å². The number of rotatable bonds is 1. The molecule has 1 heterocycles. The van der Waals surface area contributed by atoms with Gasteiger partial charge in [0.05, 0.1) is 13.1 Å². The van der Waals surface area contributed by atoms with Crippen LogP contribution in [0.15, 0.2) is 46.8 Å². The fourth-order valence-corrected chi connectivity index (χ4v) is 20.9. The number of hydrogen-bond acceptors (Lipinski definition) is 6. The van der Waals surface area contributed by atoms with Crippen molar-refractivity contribution in [1.29, 1.82) is 0 Å². The monoisotopic (exact) mass is 979 g/mol. The average molecular weight is 979 g/mol. The number of ketones is 4. The molecule has 1 aliphatic heterocycles. The molecule has 1 saturated heterocycles. The van der Waals surface area contributed by atoms with E-state index < -0.39 is 21.7 Å². The quantitative estimate of drug-likeness (QED) is 0.262. The molecule has 0 amide bonds. The number of likely N-dealkylation sites (tertiary alicyclic amines) is 1. The van der Waals surface area contributed by atoms with Crippen LogP contribution in [-0.4, -0.2) is 52.2 Å². The zero-order valence-electron chi connectivity index (χ0n) is 47.1. The number of nitrogens with two attached hydrogens (primary N) is 1. The van der Waals surface area contributed by atoms with Crippen LogP contribution >= 0.6 is 0 Å². The summed E-state index contributed by atoms with van der Waals surface area (Å²) in [5.74, 6) is 1.50. The van der Waals surface area contributed by atoms with E-state index in [0.29, 0.717) is 17.6 Å². The number of fused-ring (bicyclic) bond motifs is 14. The third kappa shape index (κ3) is 6.64. The molecule has 8 heteroatoms. The Kier molecular flexibility index (Phi) is 11.4. The van der Waals surface area contributed by atoms with Crippen molar-refractivity contribution in [2.24, 2.45) is 95.4 Å². The zero-order chi connectivity index (χ0) is 52.6. The highest BCUT2D eigenvalue weighted by molar-refractivity contribution is 6.04. The maximum atomic E-state index is 14.5. The van der Waals surface area contributed by atoms with Gasteiger partial charge in [-0.2, -0.15) is 0 Å². The van der Waals surface area contributed by atoms with Crippen molar-refractivity contribution in [2.45, 2.75) is 211 Å². The van der Waals surface area contributed by atoms with Crippen molar-refractivity contribution in [1.82, 2.24) is 4.90 Å². The van der Waals surface area contributed by atoms with E-state index in [-0.39, 0.29) is 96.0 Å². The third-order valence-corrected chi connectivity index (χ3v) is 26.0. The Morgan fingerprint density at radius 1 is 0.528 bits per heavy atom. The summed E-state index contributed by atoms with van der Waals surface area (Å²) in [7, 11) is 0. The lowest BCUT2D eigenvalue weighted by Gasteiger charge is -2.69. The number of Topliss-reactive ketones (excluding diaryl/α,β-unsaturated/α-hetero) is 2. The standard InChI is InChI=1S/C34H48N2O2.C30H42N2O2/c1-29(2)25-11-12-33(6)26(32(25,5)21-23(35-8)28(29)38)19-24(37)27-22-20-31(4,36-17-9-10-18-36)15-13-30(22,3)14-16-34(27,33)7;1-25(2)21-9-10-29(6)22(28(21,5)17-19(32-8)24(25)34)15-20(33)23-18-16-27(4,31)13-11-26(18,3)12-14-30(23,29)7/h19,21-22,25,27H,9-18,20H2,1-7H3;15,17-18,21,23H,9-14,16,31H2,1-7H3/t22-,25-,27-,30+,31-,32-,33+,34+;18-,21-,23-,26+,27-,28-,29+,30+/m00/s1. The van der Waals surface area contributed by atoms with Gasteiger partial charge in [-0.1, -0.05) is 106 Å². The van der Waals surface area contributed by atoms with E-state index in [0.717, 1.165) is 70.6 Å². The van der Waals surface area contributed by atoms with Gasteiger partial charge in [-0.3, -0.25) is 14.5 Å². The van der Waals surface area contributed by atoms with Crippen LogP contribution in [0, 0.1) is 103 Å². The summed E-state index contributed by atoms with van der Waals surface area (Å²) < 4.78 is 0. The molecule has 0 bridgehead atoms. The van der Waals surface area contributed by atoms with Gasteiger partial charge in [0.2, 0.25) is 11.4 Å². The Bertz CT molecular complexity index is 2650. The predicted octanol–water partition coefficient (Wildman–Crippen LogP) is 13.7. The van der Waals surface area contributed by atoms with Crippen LogP contribution in [0.2, 0.25) is 0 Å². The van der Waals surface area contributed by atoms with Gasteiger partial charge in [0.15, 0.2) is 23.1 Å². The van der Waals surface area contributed by atoms with Crippen molar-refractivity contribution < 1.29 is 19.2 Å². The molecular formula is C64H90N4O4. The minimum Gasteiger partial charge on any atom is -0.325 e. The molecule has 0 aromatic rings. The lowest BCUT2D eigenvalue weighted by atomic mass is 9.34. The summed E-state index contributed by atoms with van der Waals surface area (Å²) in [6.45, 7) is 49.6. The number of allylic oxidation sites excluding steroid dienone is 8. The van der Waals surface area contributed by atoms with Crippen LogP contribution < -0.4 is 5.73 Å². The van der Waals surface area contributed by atoms with Crippen molar-refractivity contribution in [2.75, 3.05) is 13.1 Å². The Labute approximate surface area is 434 Å². The second-order valence-corrected chi connectivity index (χ2v) is 30.3. The second kappa shape index (κ2) is 15.8. The van der Waals surface area contributed by atoms with E-state index in [1.54, 1.807) is 0 Å². The molecule has 0 aromatic carbocycles. The van der Waals surface area contributed by atoms with Crippen molar-refractivity contribution in [3.05, 3.63) is 69.7 Å². The van der Waals surface area contributed by atoms with E-state index in [9.17, 15) is 19.2 Å². The van der Waals surface area contributed by atoms with E-state index >= 15 is 0 Å². The number of hydrogen-bond donors (Lipinski definition) is 1. The summed E-state index contributed by atoms with van der Waals surface area (Å²) in [5, 5.41) is 0. The molecule has 16 atom stereocenters. The highest BCUT2D eigenvalue weighted by Gasteiger charge is 2.71. The maximum Gasteiger partial charge on any atom is 0.226 e. The lowest BCUT2D eigenvalue weighted by molar-refractivity contribution is -0.170. The summed E-state index contributed by atoms with van der Waals surface area (Å²) in [4.78, 5) is 65.2. The van der Waals surface area contributed by atoms with E-state index in [4.69, 9.17) is 18.9 Å². The van der Waals surface area contributed by atoms with Crippen LogP contribution in [0.5, 0.6) is 0 Å². The van der Waals surface area contributed by atoms with E-state index in [1.165, 1.54) is 56.3 Å². The largest absolute Gasteiger partial charge is 0.325 e. The van der Waals surface area contributed by atoms with Gasteiger partial charge in [0.1, 0.15) is 0 Å². The molecule has 0 radical (unpaired) electrons. The van der Waals surface area contributed by atoms with Gasteiger partial charge in [-0.15, -0.1) is 0 Å². The Morgan fingerprint density at radius 3 is 1.33 bits per heavy atom. The summed E-state index contributed by atoms with van der Waals surface area (Å²) >= 11 is 0. The molecule has 72 heavy (non-hydrogen) atoms. The predicted molar refractivity (Wildman–Crippen MR) is 285 cm³/mol. The van der Waals surface area contributed by atoms with Gasteiger partial charge in [-0.05, 0) is 198 Å². The summed E-state index contributed by atoms with van der Waals surface area (Å²) in [6, 6.07) is 0. The summed E-state index contributed by atoms with van der Waals surface area (Å²) in [5.41, 5.74) is 7.42. The van der Waals surface area contributed by atoms with Crippen LogP contribution in [0.3, 0.4) is 0 Å².